The second-order valence-electron chi connectivity index (χ2n) is 3.54. The van der Waals surface area contributed by atoms with E-state index in [-0.39, 0.29) is 0 Å². The lowest BCUT2D eigenvalue weighted by molar-refractivity contribution is 0.878. The molecule has 1 aromatic heterocycles. The Morgan fingerprint density at radius 2 is 2.29 bits per heavy atom. The quantitative estimate of drug-likeness (QED) is 0.787. The maximum atomic E-state index is 5.88. The first-order valence-corrected chi connectivity index (χ1v) is 6.59. The fraction of sp³-hybridized carbons (Fsp3) is 0.250. The number of aliphatic imine (C=N–C) groups is 1. The van der Waals surface area contributed by atoms with Crippen LogP contribution < -0.4 is 0 Å². The van der Waals surface area contributed by atoms with Crippen molar-refractivity contribution in [3.8, 4) is 0 Å². The summed E-state index contributed by atoms with van der Waals surface area (Å²) in [7, 11) is 0. The molecule has 0 aliphatic heterocycles. The second-order valence-corrected chi connectivity index (χ2v) is 5.02. The van der Waals surface area contributed by atoms with E-state index < -0.39 is 0 Å². The summed E-state index contributed by atoms with van der Waals surface area (Å²) in [5, 5.41) is 10.5. The lowest BCUT2D eigenvalue weighted by Gasteiger charge is -1.91. The molecule has 0 aliphatic rings. The van der Waals surface area contributed by atoms with Crippen molar-refractivity contribution in [2.45, 2.75) is 19.8 Å². The van der Waals surface area contributed by atoms with Gasteiger partial charge in [-0.25, -0.2) is 4.99 Å². The number of aryl methyl sites for hydroxylation is 1. The Morgan fingerprint density at radius 1 is 1.41 bits per heavy atom. The molecule has 2 rings (SSSR count). The van der Waals surface area contributed by atoms with E-state index in [9.17, 15) is 0 Å². The van der Waals surface area contributed by atoms with E-state index in [4.69, 9.17) is 11.6 Å². The van der Waals surface area contributed by atoms with Gasteiger partial charge >= 0.3 is 0 Å². The van der Waals surface area contributed by atoms with Gasteiger partial charge in [0.05, 0.1) is 0 Å². The molecule has 0 bridgehead atoms. The van der Waals surface area contributed by atoms with Crippen molar-refractivity contribution in [1.82, 2.24) is 10.2 Å². The monoisotopic (exact) mass is 265 g/mol. The summed E-state index contributed by atoms with van der Waals surface area (Å²) < 4.78 is 0. The summed E-state index contributed by atoms with van der Waals surface area (Å²) in [4.78, 5) is 4.28. The summed E-state index contributed by atoms with van der Waals surface area (Å²) in [6, 6.07) is 7.54. The van der Waals surface area contributed by atoms with Crippen molar-refractivity contribution in [2.24, 2.45) is 4.99 Å². The third-order valence-electron chi connectivity index (χ3n) is 2.09. The number of rotatable bonds is 4. The number of benzene rings is 1. The van der Waals surface area contributed by atoms with E-state index in [1.165, 1.54) is 11.3 Å². The van der Waals surface area contributed by atoms with Gasteiger partial charge in [0.1, 0.15) is 5.01 Å². The van der Waals surface area contributed by atoms with Crippen LogP contribution in [-0.4, -0.2) is 16.4 Å². The first kappa shape index (κ1) is 12.2. The molecule has 17 heavy (non-hydrogen) atoms. The van der Waals surface area contributed by atoms with Gasteiger partial charge in [-0.15, -0.1) is 10.2 Å². The van der Waals surface area contributed by atoms with Crippen LogP contribution in [-0.2, 0) is 6.42 Å². The summed E-state index contributed by atoms with van der Waals surface area (Å²) in [6.07, 6.45) is 3.79. The molecule has 0 spiro atoms. The molecule has 0 fully saturated rings. The molecular weight excluding hydrogens is 254 g/mol. The minimum atomic E-state index is 0.688. The standard InChI is InChI=1S/C12H12ClN3S/c1-2-4-11-15-16-12(17-11)14-8-9-5-3-6-10(13)7-9/h3,5-8H,2,4H2,1H3. The molecule has 0 N–H and O–H groups in total. The molecule has 0 radical (unpaired) electrons. The fourth-order valence-corrected chi connectivity index (χ4v) is 2.31. The van der Waals surface area contributed by atoms with Gasteiger partial charge in [0, 0.05) is 17.7 Å². The maximum Gasteiger partial charge on any atom is 0.231 e. The van der Waals surface area contributed by atoms with Crippen molar-refractivity contribution < 1.29 is 0 Å². The van der Waals surface area contributed by atoms with E-state index in [0.717, 1.165) is 23.4 Å². The van der Waals surface area contributed by atoms with Gasteiger partial charge in [-0.1, -0.05) is 42.0 Å². The molecule has 1 aromatic carbocycles. The third kappa shape index (κ3) is 3.61. The minimum Gasteiger partial charge on any atom is -0.226 e. The first-order valence-electron chi connectivity index (χ1n) is 5.40. The average Bonchev–Trinajstić information content (AvgIpc) is 2.75. The summed E-state index contributed by atoms with van der Waals surface area (Å²) >= 11 is 7.41. The topological polar surface area (TPSA) is 38.1 Å². The van der Waals surface area contributed by atoms with E-state index in [2.05, 4.69) is 22.1 Å². The van der Waals surface area contributed by atoms with Crippen LogP contribution in [0.2, 0.25) is 5.02 Å². The third-order valence-corrected chi connectivity index (χ3v) is 3.22. The molecule has 2 aromatic rings. The van der Waals surface area contributed by atoms with E-state index >= 15 is 0 Å². The van der Waals surface area contributed by atoms with Crippen LogP contribution in [0.5, 0.6) is 0 Å². The van der Waals surface area contributed by atoms with Crippen LogP contribution in [0, 0.1) is 0 Å². The van der Waals surface area contributed by atoms with E-state index in [0.29, 0.717) is 10.2 Å². The van der Waals surface area contributed by atoms with Crippen LogP contribution in [0.4, 0.5) is 5.13 Å². The molecule has 0 atom stereocenters. The molecule has 3 nitrogen and oxygen atoms in total. The summed E-state index contributed by atoms with van der Waals surface area (Å²) in [5.74, 6) is 0. The Kier molecular flexibility index (Phi) is 4.23. The molecule has 0 amide bonds. The number of halogens is 1. The normalized spacial score (nSPS) is 11.2. The average molecular weight is 266 g/mol. The number of hydrogen-bond donors (Lipinski definition) is 0. The molecule has 1 heterocycles. The fourth-order valence-electron chi connectivity index (χ4n) is 1.33. The highest BCUT2D eigenvalue weighted by Crippen LogP contribution is 2.19. The highest BCUT2D eigenvalue weighted by Gasteiger charge is 2.00. The number of aromatic nitrogens is 2. The second kappa shape index (κ2) is 5.89. The van der Waals surface area contributed by atoms with Gasteiger partial charge in [-0.2, -0.15) is 0 Å². The first-order chi connectivity index (χ1) is 8.28. The summed E-state index contributed by atoms with van der Waals surface area (Å²) in [6.45, 7) is 2.12. The van der Waals surface area contributed by atoms with Gasteiger partial charge in [-0.3, -0.25) is 0 Å². The van der Waals surface area contributed by atoms with Crippen LogP contribution in [0.1, 0.15) is 23.9 Å². The summed E-state index contributed by atoms with van der Waals surface area (Å²) in [5.41, 5.74) is 0.963. The van der Waals surface area contributed by atoms with Gasteiger partial charge in [0.15, 0.2) is 0 Å². The van der Waals surface area contributed by atoms with Gasteiger partial charge in [-0.05, 0) is 24.1 Å². The maximum absolute atomic E-state index is 5.88. The predicted octanol–water partition coefficient (Wildman–Crippen LogP) is 3.89. The molecule has 88 valence electrons. The Balaban J connectivity index is 2.09. The highest BCUT2D eigenvalue weighted by atomic mass is 35.5. The molecule has 0 saturated heterocycles. The zero-order valence-electron chi connectivity index (χ0n) is 9.43. The zero-order valence-corrected chi connectivity index (χ0v) is 11.0. The zero-order chi connectivity index (χ0) is 12.1. The molecule has 0 aliphatic carbocycles. The molecular formula is C12H12ClN3S. The van der Waals surface area contributed by atoms with Crippen molar-refractivity contribution in [2.75, 3.05) is 0 Å². The van der Waals surface area contributed by atoms with Crippen LogP contribution >= 0.6 is 22.9 Å². The van der Waals surface area contributed by atoms with Gasteiger partial charge in [0.25, 0.3) is 0 Å². The Morgan fingerprint density at radius 3 is 3.06 bits per heavy atom. The SMILES string of the molecule is CCCc1nnc(N=Cc2cccc(Cl)c2)s1. The highest BCUT2D eigenvalue weighted by molar-refractivity contribution is 7.14. The predicted molar refractivity (Wildman–Crippen MR) is 72.6 cm³/mol. The molecule has 5 heteroatoms. The molecule has 0 unspecified atom stereocenters. The lowest BCUT2D eigenvalue weighted by Crippen LogP contribution is -1.79. The Hall–Kier alpha value is -1.26. The number of nitrogens with zero attached hydrogens (tertiary/aromatic N) is 3. The van der Waals surface area contributed by atoms with Gasteiger partial charge in [0.2, 0.25) is 5.13 Å². The van der Waals surface area contributed by atoms with Crippen molar-refractivity contribution in [1.29, 1.82) is 0 Å². The lowest BCUT2D eigenvalue weighted by atomic mass is 10.2. The Bertz CT molecular complexity index is 522. The minimum absolute atomic E-state index is 0.688. The van der Waals surface area contributed by atoms with Gasteiger partial charge < -0.3 is 0 Å². The van der Waals surface area contributed by atoms with Crippen molar-refractivity contribution >= 4 is 34.3 Å². The largest absolute Gasteiger partial charge is 0.231 e. The van der Waals surface area contributed by atoms with E-state index in [1.54, 1.807) is 6.21 Å². The van der Waals surface area contributed by atoms with Crippen LogP contribution in [0.3, 0.4) is 0 Å². The van der Waals surface area contributed by atoms with Crippen molar-refractivity contribution in [3.05, 3.63) is 39.9 Å². The Labute approximate surface area is 109 Å². The van der Waals surface area contributed by atoms with E-state index in [1.807, 2.05) is 24.3 Å². The number of hydrogen-bond acceptors (Lipinski definition) is 4. The van der Waals surface area contributed by atoms with Crippen molar-refractivity contribution in [3.63, 3.8) is 0 Å². The molecule has 0 saturated carbocycles. The van der Waals surface area contributed by atoms with Crippen LogP contribution in [0.25, 0.3) is 0 Å². The smallest absolute Gasteiger partial charge is 0.226 e. The van der Waals surface area contributed by atoms with Crippen LogP contribution in [0.15, 0.2) is 29.3 Å².